The molecule has 1 aliphatic rings. The number of nitrogens with two attached hydrogens (primary N) is 2. The van der Waals surface area contributed by atoms with Crippen molar-refractivity contribution in [2.45, 2.75) is 5.92 Å². The van der Waals surface area contributed by atoms with Crippen LogP contribution in [-0.2, 0) is 0 Å². The molecule has 3 aromatic rings. The van der Waals surface area contributed by atoms with Gasteiger partial charge in [0, 0.05) is 22.4 Å². The standard InChI is InChI=1S/C25H20N4O3/c1-30-19-10-8-15(11-20(19)31-2)21-18-9-7-14-5-3-4-6-17(14)24(18)32-25(29)22(21)23(28)16(12-26)13-27/h3-11,21H,28-29H2,1-2H3/t21-/m1/s1. The van der Waals surface area contributed by atoms with E-state index in [1.807, 2.05) is 60.7 Å². The molecule has 1 heterocycles. The molecule has 3 aromatic carbocycles. The fourth-order valence-corrected chi connectivity index (χ4v) is 4.01. The average Bonchev–Trinajstić information content (AvgIpc) is 2.83. The van der Waals surface area contributed by atoms with Gasteiger partial charge in [-0.2, -0.15) is 10.5 Å². The van der Waals surface area contributed by atoms with Crippen molar-refractivity contribution in [1.82, 2.24) is 0 Å². The van der Waals surface area contributed by atoms with Gasteiger partial charge >= 0.3 is 0 Å². The van der Waals surface area contributed by atoms with Crippen LogP contribution < -0.4 is 25.7 Å². The third kappa shape index (κ3) is 3.23. The van der Waals surface area contributed by atoms with E-state index in [-0.39, 0.29) is 17.2 Å². The van der Waals surface area contributed by atoms with E-state index in [1.54, 1.807) is 20.3 Å². The summed E-state index contributed by atoms with van der Waals surface area (Å²) in [6.07, 6.45) is 0. The highest BCUT2D eigenvalue weighted by molar-refractivity contribution is 5.91. The van der Waals surface area contributed by atoms with Crippen LogP contribution in [0.3, 0.4) is 0 Å². The molecule has 0 spiro atoms. The summed E-state index contributed by atoms with van der Waals surface area (Å²) in [5, 5.41) is 20.7. The molecule has 32 heavy (non-hydrogen) atoms. The summed E-state index contributed by atoms with van der Waals surface area (Å²) in [5.41, 5.74) is 14.3. The minimum absolute atomic E-state index is 0.0221. The summed E-state index contributed by atoms with van der Waals surface area (Å²) in [7, 11) is 3.11. The number of ether oxygens (including phenoxy) is 3. The summed E-state index contributed by atoms with van der Waals surface area (Å²) >= 11 is 0. The van der Waals surface area contributed by atoms with Crippen LogP contribution in [0.25, 0.3) is 10.8 Å². The van der Waals surface area contributed by atoms with Crippen molar-refractivity contribution >= 4 is 10.8 Å². The number of benzene rings is 3. The number of fused-ring (bicyclic) bond motifs is 3. The van der Waals surface area contributed by atoms with Crippen LogP contribution in [0.4, 0.5) is 0 Å². The maximum atomic E-state index is 9.41. The van der Waals surface area contributed by atoms with E-state index in [0.29, 0.717) is 22.8 Å². The summed E-state index contributed by atoms with van der Waals surface area (Å²) in [6, 6.07) is 20.9. The summed E-state index contributed by atoms with van der Waals surface area (Å²) in [5.74, 6) is 1.24. The average molecular weight is 424 g/mol. The number of hydrogen-bond donors (Lipinski definition) is 2. The smallest absolute Gasteiger partial charge is 0.197 e. The Hall–Kier alpha value is -4.62. The predicted molar refractivity (Wildman–Crippen MR) is 120 cm³/mol. The monoisotopic (exact) mass is 424 g/mol. The van der Waals surface area contributed by atoms with Gasteiger partial charge in [-0.25, -0.2) is 0 Å². The highest BCUT2D eigenvalue weighted by Crippen LogP contribution is 2.48. The Morgan fingerprint density at radius 2 is 1.69 bits per heavy atom. The highest BCUT2D eigenvalue weighted by atomic mass is 16.5. The largest absolute Gasteiger partial charge is 0.493 e. The Kier molecular flexibility index (Phi) is 5.32. The first-order valence-electron chi connectivity index (χ1n) is 9.75. The van der Waals surface area contributed by atoms with Crippen LogP contribution in [0, 0.1) is 22.7 Å². The van der Waals surface area contributed by atoms with Crippen LogP contribution >= 0.6 is 0 Å². The molecule has 4 rings (SSSR count). The third-order valence-electron chi connectivity index (χ3n) is 5.51. The predicted octanol–water partition coefficient (Wildman–Crippen LogP) is 3.81. The van der Waals surface area contributed by atoms with Crippen molar-refractivity contribution in [3.8, 4) is 29.4 Å². The van der Waals surface area contributed by atoms with Gasteiger partial charge in [0.2, 0.25) is 0 Å². The highest BCUT2D eigenvalue weighted by Gasteiger charge is 2.34. The fourth-order valence-electron chi connectivity index (χ4n) is 4.01. The molecule has 4 N–H and O–H groups in total. The molecule has 7 nitrogen and oxygen atoms in total. The lowest BCUT2D eigenvalue weighted by Crippen LogP contribution is -2.26. The van der Waals surface area contributed by atoms with E-state index in [2.05, 4.69) is 0 Å². The summed E-state index contributed by atoms with van der Waals surface area (Å²) in [4.78, 5) is 0. The Balaban J connectivity index is 2.05. The van der Waals surface area contributed by atoms with Crippen LogP contribution in [0.15, 0.2) is 77.3 Å². The molecule has 0 aliphatic carbocycles. The van der Waals surface area contributed by atoms with Gasteiger partial charge in [-0.3, -0.25) is 0 Å². The first kappa shape index (κ1) is 20.6. The van der Waals surface area contributed by atoms with E-state index in [4.69, 9.17) is 25.7 Å². The lowest BCUT2D eigenvalue weighted by atomic mass is 9.80. The number of nitriles is 2. The molecule has 0 unspecified atom stereocenters. The molecule has 0 saturated carbocycles. The number of hydrogen-bond acceptors (Lipinski definition) is 7. The zero-order chi connectivity index (χ0) is 22.8. The van der Waals surface area contributed by atoms with Crippen molar-refractivity contribution < 1.29 is 14.2 Å². The number of nitrogens with zero attached hydrogens (tertiary/aromatic N) is 2. The maximum Gasteiger partial charge on any atom is 0.197 e. The number of rotatable bonds is 4. The Morgan fingerprint density at radius 1 is 0.969 bits per heavy atom. The van der Waals surface area contributed by atoms with Gasteiger partial charge in [-0.15, -0.1) is 0 Å². The minimum atomic E-state index is -0.500. The normalized spacial score (nSPS) is 14.6. The van der Waals surface area contributed by atoms with Gasteiger partial charge in [0.15, 0.2) is 23.0 Å². The van der Waals surface area contributed by atoms with Gasteiger partial charge in [-0.1, -0.05) is 42.5 Å². The molecule has 158 valence electrons. The lowest BCUT2D eigenvalue weighted by molar-refractivity contribution is 0.354. The minimum Gasteiger partial charge on any atom is -0.493 e. The fraction of sp³-hybridized carbons (Fsp3) is 0.120. The van der Waals surface area contributed by atoms with Crippen LogP contribution in [0.5, 0.6) is 17.2 Å². The number of allylic oxidation sites excluding steroid dienone is 2. The Bertz CT molecular complexity index is 1360. The van der Waals surface area contributed by atoms with E-state index >= 15 is 0 Å². The first-order chi connectivity index (χ1) is 15.5. The van der Waals surface area contributed by atoms with E-state index in [9.17, 15) is 10.5 Å². The van der Waals surface area contributed by atoms with Crippen molar-refractivity contribution in [2.24, 2.45) is 11.5 Å². The van der Waals surface area contributed by atoms with Crippen molar-refractivity contribution in [3.05, 3.63) is 88.5 Å². The lowest BCUT2D eigenvalue weighted by Gasteiger charge is -2.31. The molecule has 0 bridgehead atoms. The van der Waals surface area contributed by atoms with Crippen LogP contribution in [-0.4, -0.2) is 14.2 Å². The van der Waals surface area contributed by atoms with Crippen LogP contribution in [0.1, 0.15) is 17.0 Å². The van der Waals surface area contributed by atoms with Gasteiger partial charge in [0.1, 0.15) is 17.9 Å². The molecule has 0 radical (unpaired) electrons. The topological polar surface area (TPSA) is 127 Å². The molecule has 0 aromatic heterocycles. The molecule has 0 amide bonds. The Morgan fingerprint density at radius 3 is 2.38 bits per heavy atom. The first-order valence-corrected chi connectivity index (χ1v) is 9.75. The van der Waals surface area contributed by atoms with Gasteiger partial charge in [-0.05, 0) is 23.1 Å². The molecular weight excluding hydrogens is 404 g/mol. The second-order valence-corrected chi connectivity index (χ2v) is 7.14. The van der Waals surface area contributed by atoms with Gasteiger partial charge < -0.3 is 25.7 Å². The summed E-state index contributed by atoms with van der Waals surface area (Å²) in [6.45, 7) is 0. The quantitative estimate of drug-likeness (QED) is 0.610. The zero-order valence-corrected chi connectivity index (χ0v) is 17.5. The van der Waals surface area contributed by atoms with Crippen molar-refractivity contribution in [2.75, 3.05) is 14.2 Å². The van der Waals surface area contributed by atoms with Gasteiger partial charge in [0.05, 0.1) is 19.9 Å². The Labute approximate surface area is 185 Å². The second kappa shape index (κ2) is 8.25. The van der Waals surface area contributed by atoms with Crippen LogP contribution in [0.2, 0.25) is 0 Å². The van der Waals surface area contributed by atoms with E-state index in [0.717, 1.165) is 21.9 Å². The van der Waals surface area contributed by atoms with E-state index in [1.165, 1.54) is 0 Å². The van der Waals surface area contributed by atoms with Crippen molar-refractivity contribution in [3.63, 3.8) is 0 Å². The SMILES string of the molecule is COc1ccc([C@H]2C(C(N)=C(C#N)C#N)=C(N)Oc3c2ccc2ccccc32)cc1OC. The molecule has 0 saturated heterocycles. The zero-order valence-electron chi connectivity index (χ0n) is 17.5. The third-order valence-corrected chi connectivity index (χ3v) is 5.51. The molecule has 7 heteroatoms. The van der Waals surface area contributed by atoms with E-state index < -0.39 is 5.92 Å². The molecule has 1 aliphatic heterocycles. The second-order valence-electron chi connectivity index (χ2n) is 7.14. The van der Waals surface area contributed by atoms with Gasteiger partial charge in [0.25, 0.3) is 0 Å². The summed E-state index contributed by atoms with van der Waals surface area (Å²) < 4.78 is 16.9. The van der Waals surface area contributed by atoms with Crippen molar-refractivity contribution in [1.29, 1.82) is 10.5 Å². The molecule has 0 fully saturated rings. The maximum absolute atomic E-state index is 9.41. The molecule has 1 atom stereocenters. The molecular formula is C25H20N4O3. The number of methoxy groups -OCH3 is 2.